The van der Waals surface area contributed by atoms with Crippen molar-refractivity contribution in [3.8, 4) is 0 Å². The van der Waals surface area contributed by atoms with Crippen LogP contribution in [-0.2, 0) is 22.6 Å². The van der Waals surface area contributed by atoms with Gasteiger partial charge in [-0.1, -0.05) is 53.8 Å². The van der Waals surface area contributed by atoms with Crippen LogP contribution < -0.4 is 11.1 Å². The fourth-order valence-electron chi connectivity index (χ4n) is 5.32. The Morgan fingerprint density at radius 1 is 1.19 bits per heavy atom. The minimum Gasteiger partial charge on any atom is -0.375 e. The van der Waals surface area contributed by atoms with Crippen molar-refractivity contribution >= 4 is 44.5 Å². The zero-order valence-electron chi connectivity index (χ0n) is 21.1. The first kappa shape index (κ1) is 25.0. The molecule has 1 aromatic heterocycles. The van der Waals surface area contributed by atoms with Crippen LogP contribution in [-0.4, -0.2) is 81.0 Å². The average Bonchev–Trinajstić information content (AvgIpc) is 3.41. The number of hydrogen-bond donors (Lipinski definition) is 2. The second kappa shape index (κ2) is 9.98. The van der Waals surface area contributed by atoms with Gasteiger partial charge in [-0.3, -0.25) is 14.6 Å². The molecule has 0 bridgehead atoms. The monoisotopic (exact) mass is 521 g/mol. The van der Waals surface area contributed by atoms with Crippen LogP contribution >= 0.6 is 11.3 Å². The highest BCUT2D eigenvalue weighted by Gasteiger charge is 2.52. The van der Waals surface area contributed by atoms with Gasteiger partial charge in [0.05, 0.1) is 23.3 Å². The van der Waals surface area contributed by atoms with Crippen LogP contribution in [0.1, 0.15) is 25.0 Å². The second-order valence-corrected chi connectivity index (χ2v) is 10.7. The number of anilines is 1. The highest BCUT2D eigenvalue weighted by molar-refractivity contribution is 7.22. The molecule has 11 heteroatoms. The van der Waals surface area contributed by atoms with Gasteiger partial charge in [-0.05, 0) is 31.0 Å². The number of rotatable bonds is 6. The lowest BCUT2D eigenvalue weighted by Crippen LogP contribution is -2.66. The molecule has 3 aromatic rings. The van der Waals surface area contributed by atoms with E-state index in [4.69, 9.17) is 5.73 Å². The fourth-order valence-corrected chi connectivity index (χ4v) is 6.10. The van der Waals surface area contributed by atoms with Crippen molar-refractivity contribution < 1.29 is 14.4 Å². The van der Waals surface area contributed by atoms with Gasteiger partial charge < -0.3 is 20.9 Å². The van der Waals surface area contributed by atoms with Gasteiger partial charge in [0.15, 0.2) is 5.13 Å². The van der Waals surface area contributed by atoms with Gasteiger partial charge in [0.2, 0.25) is 11.8 Å². The molecular weight excluding hydrogens is 490 g/mol. The van der Waals surface area contributed by atoms with E-state index in [-0.39, 0.29) is 37.0 Å². The number of fused-ring (bicyclic) bond motifs is 2. The summed E-state index contributed by atoms with van der Waals surface area (Å²) in [5.74, 6) is -0.283. The van der Waals surface area contributed by atoms with Crippen molar-refractivity contribution in [3.63, 3.8) is 0 Å². The van der Waals surface area contributed by atoms with Crippen LogP contribution in [0.25, 0.3) is 10.2 Å². The van der Waals surface area contributed by atoms with Crippen molar-refractivity contribution in [3.05, 3.63) is 59.7 Å². The highest BCUT2D eigenvalue weighted by atomic mass is 32.1. The number of nitrogens with zero attached hydrogens (tertiary/aromatic N) is 5. The Balaban J connectivity index is 1.53. The summed E-state index contributed by atoms with van der Waals surface area (Å²) in [4.78, 5) is 48.1. The van der Waals surface area contributed by atoms with Gasteiger partial charge in [-0.25, -0.2) is 9.78 Å². The molecule has 5 rings (SSSR count). The standard InChI is InChI=1S/C26H31N7O3S/c1-16(2)33(26(36)28-3)31-15-22(34)32-19(12-17-8-5-4-6-9-17)24(35)30(14-21(31)32)13-18-10-7-11-20-23(18)29-25(27)37-20/h4-11,16,19,21H,12-15H2,1-3H3,(H2,27,29)(H,28,36)/t19-,21+/m0/s1. The number of para-hydroxylation sites is 1. The van der Waals surface area contributed by atoms with E-state index in [1.807, 2.05) is 62.4 Å². The summed E-state index contributed by atoms with van der Waals surface area (Å²) in [7, 11) is 1.57. The zero-order valence-corrected chi connectivity index (χ0v) is 21.9. The quantitative estimate of drug-likeness (QED) is 0.514. The number of nitrogens with two attached hydrogens (primary N) is 1. The first-order valence-corrected chi connectivity index (χ1v) is 13.2. The molecule has 0 spiro atoms. The summed E-state index contributed by atoms with van der Waals surface area (Å²) in [6.45, 7) is 4.44. The highest BCUT2D eigenvalue weighted by Crippen LogP contribution is 2.32. The smallest absolute Gasteiger partial charge is 0.331 e. The lowest BCUT2D eigenvalue weighted by Gasteiger charge is -2.47. The van der Waals surface area contributed by atoms with Crippen molar-refractivity contribution in [2.45, 2.75) is 45.1 Å². The van der Waals surface area contributed by atoms with Crippen LogP contribution in [0.4, 0.5) is 9.93 Å². The van der Waals surface area contributed by atoms with E-state index in [0.29, 0.717) is 18.1 Å². The lowest BCUT2D eigenvalue weighted by molar-refractivity contribution is -0.158. The molecule has 2 fully saturated rings. The van der Waals surface area contributed by atoms with Crippen molar-refractivity contribution in [2.75, 3.05) is 25.9 Å². The summed E-state index contributed by atoms with van der Waals surface area (Å²) in [6, 6.07) is 14.4. The van der Waals surface area contributed by atoms with Gasteiger partial charge in [0.25, 0.3) is 0 Å². The molecule has 2 aliphatic heterocycles. The Morgan fingerprint density at radius 3 is 2.65 bits per heavy atom. The summed E-state index contributed by atoms with van der Waals surface area (Å²) in [6.07, 6.45) is -0.0831. The number of nitrogen functional groups attached to an aromatic ring is 1. The minimum absolute atomic E-state index is 0.0286. The van der Waals surface area contributed by atoms with Crippen molar-refractivity contribution in [1.29, 1.82) is 0 Å². The van der Waals surface area contributed by atoms with E-state index in [2.05, 4.69) is 10.3 Å². The summed E-state index contributed by atoms with van der Waals surface area (Å²) >= 11 is 1.41. The van der Waals surface area contributed by atoms with Gasteiger partial charge in [-0.15, -0.1) is 0 Å². The largest absolute Gasteiger partial charge is 0.375 e. The summed E-state index contributed by atoms with van der Waals surface area (Å²) in [5, 5.41) is 6.54. The Hall–Kier alpha value is -3.70. The number of hydrogen-bond acceptors (Lipinski definition) is 7. The van der Waals surface area contributed by atoms with Crippen LogP contribution in [0.15, 0.2) is 48.5 Å². The maximum atomic E-state index is 13.9. The molecule has 2 aromatic carbocycles. The predicted molar refractivity (Wildman–Crippen MR) is 142 cm³/mol. The Labute approximate surface area is 219 Å². The molecule has 10 nitrogen and oxygen atoms in total. The second-order valence-electron chi connectivity index (χ2n) is 9.61. The van der Waals surface area contributed by atoms with Gasteiger partial charge in [0, 0.05) is 26.1 Å². The van der Waals surface area contributed by atoms with E-state index in [1.165, 1.54) is 11.3 Å². The summed E-state index contributed by atoms with van der Waals surface area (Å²) in [5.41, 5.74) is 8.62. The third-order valence-corrected chi connectivity index (χ3v) is 7.76. The molecule has 2 saturated heterocycles. The number of benzene rings is 2. The first-order valence-electron chi connectivity index (χ1n) is 12.3. The Kier molecular flexibility index (Phi) is 6.74. The molecule has 4 amide bonds. The normalized spacial score (nSPS) is 20.1. The number of nitrogens with one attached hydrogen (secondary N) is 1. The van der Waals surface area contributed by atoms with E-state index in [0.717, 1.165) is 21.3 Å². The third-order valence-electron chi connectivity index (χ3n) is 6.91. The number of carbonyl (C=O) groups excluding carboxylic acids is 3. The van der Waals surface area contributed by atoms with Crippen LogP contribution in [0.2, 0.25) is 0 Å². The molecule has 3 N–H and O–H groups in total. The molecule has 0 unspecified atom stereocenters. The topological polar surface area (TPSA) is 115 Å². The number of thiazole rings is 1. The Morgan fingerprint density at radius 2 is 1.95 bits per heavy atom. The van der Waals surface area contributed by atoms with Crippen molar-refractivity contribution in [2.24, 2.45) is 0 Å². The first-order chi connectivity index (χ1) is 17.8. The molecular formula is C26H31N7O3S. The molecule has 2 atom stereocenters. The number of aromatic nitrogens is 1. The molecule has 3 heterocycles. The molecule has 0 saturated carbocycles. The zero-order chi connectivity index (χ0) is 26.3. The number of amides is 4. The van der Waals surface area contributed by atoms with Gasteiger partial charge in [-0.2, -0.15) is 5.01 Å². The number of hydrazine groups is 1. The van der Waals surface area contributed by atoms with Crippen LogP contribution in [0.3, 0.4) is 0 Å². The molecule has 0 radical (unpaired) electrons. The maximum Gasteiger partial charge on any atom is 0.331 e. The van der Waals surface area contributed by atoms with E-state index in [1.54, 1.807) is 26.9 Å². The van der Waals surface area contributed by atoms with Crippen LogP contribution in [0, 0.1) is 0 Å². The summed E-state index contributed by atoms with van der Waals surface area (Å²) < 4.78 is 0.963. The predicted octanol–water partition coefficient (Wildman–Crippen LogP) is 2.27. The number of urea groups is 1. The molecule has 2 aliphatic rings. The van der Waals surface area contributed by atoms with Crippen LogP contribution in [0.5, 0.6) is 0 Å². The average molecular weight is 522 g/mol. The van der Waals surface area contributed by atoms with Gasteiger partial charge >= 0.3 is 6.03 Å². The SMILES string of the molecule is CNC(=O)N(C(C)C)N1CC(=O)N2[C@@H](Cc3ccccc3)C(=O)N(Cc3cccc4sc(N)nc34)C[C@@H]21. The molecule has 0 aliphatic carbocycles. The Bertz CT molecular complexity index is 1330. The van der Waals surface area contributed by atoms with Crippen molar-refractivity contribution in [1.82, 2.24) is 30.1 Å². The van der Waals surface area contributed by atoms with Gasteiger partial charge in [0.1, 0.15) is 12.2 Å². The maximum absolute atomic E-state index is 13.9. The van der Waals surface area contributed by atoms with E-state index in [9.17, 15) is 14.4 Å². The number of piperazine rings is 1. The lowest BCUT2D eigenvalue weighted by atomic mass is 10.00. The van der Waals surface area contributed by atoms with E-state index < -0.39 is 12.2 Å². The van der Waals surface area contributed by atoms with E-state index >= 15 is 0 Å². The molecule has 37 heavy (non-hydrogen) atoms. The third kappa shape index (κ3) is 4.60. The number of carbonyl (C=O) groups is 3. The molecule has 194 valence electrons. The minimum atomic E-state index is -0.683. The fraction of sp³-hybridized carbons (Fsp3) is 0.385.